The van der Waals surface area contributed by atoms with E-state index in [1.54, 1.807) is 0 Å². The maximum absolute atomic E-state index is 9.49. The Labute approximate surface area is 171 Å². The van der Waals surface area contributed by atoms with E-state index < -0.39 is 0 Å². The predicted octanol–water partition coefficient (Wildman–Crippen LogP) is 2.61. The van der Waals surface area contributed by atoms with Gasteiger partial charge in [-0.2, -0.15) is 10.5 Å². The van der Waals surface area contributed by atoms with Crippen molar-refractivity contribution >= 4 is 0 Å². The highest BCUT2D eigenvalue weighted by molar-refractivity contribution is 5.40. The summed E-state index contributed by atoms with van der Waals surface area (Å²) in [6.07, 6.45) is 7.54. The van der Waals surface area contributed by atoms with Crippen LogP contribution in [0.5, 0.6) is 0 Å². The first-order chi connectivity index (χ1) is 13.6. The van der Waals surface area contributed by atoms with E-state index in [2.05, 4.69) is 45.6 Å². The van der Waals surface area contributed by atoms with E-state index >= 15 is 0 Å². The van der Waals surface area contributed by atoms with Gasteiger partial charge in [-0.05, 0) is 72.0 Å². The maximum atomic E-state index is 9.49. The molecule has 3 aliphatic rings. The monoisotopic (exact) mass is 384 g/mol. The third kappa shape index (κ3) is 4.99. The summed E-state index contributed by atoms with van der Waals surface area (Å²) in [5, 5.41) is 19.0. The van der Waals surface area contributed by atoms with Gasteiger partial charge in [-0.15, -0.1) is 0 Å². The van der Waals surface area contributed by atoms with Gasteiger partial charge < -0.3 is 14.7 Å². The van der Waals surface area contributed by atoms with E-state index in [1.807, 2.05) is 0 Å². The van der Waals surface area contributed by atoms with Crippen LogP contribution in [-0.2, 0) is 0 Å². The summed E-state index contributed by atoms with van der Waals surface area (Å²) in [5.41, 5.74) is 0.278. The van der Waals surface area contributed by atoms with Gasteiger partial charge >= 0.3 is 0 Å². The summed E-state index contributed by atoms with van der Waals surface area (Å²) in [6.45, 7) is 13.0. The molecule has 0 bridgehead atoms. The largest absolute Gasteiger partial charge is 0.355 e. The van der Waals surface area contributed by atoms with Crippen molar-refractivity contribution in [2.24, 2.45) is 0 Å². The molecule has 3 rings (SSSR count). The number of nitrogens with zero attached hydrogens (tertiary/aromatic N) is 6. The highest BCUT2D eigenvalue weighted by Crippen LogP contribution is 2.24. The molecule has 3 aliphatic heterocycles. The SMILES string of the molecule is CC1CCCN1CCCCN1CCN(CCN2CCCC2C)C1=C(C#N)C#N. The van der Waals surface area contributed by atoms with Crippen LogP contribution in [0, 0.1) is 22.7 Å². The molecule has 0 aliphatic carbocycles. The molecule has 3 heterocycles. The van der Waals surface area contributed by atoms with Gasteiger partial charge in [-0.25, -0.2) is 0 Å². The lowest BCUT2D eigenvalue weighted by Crippen LogP contribution is -2.36. The first-order valence-corrected chi connectivity index (χ1v) is 11.2. The minimum Gasteiger partial charge on any atom is -0.355 e. The molecule has 0 N–H and O–H groups in total. The molecule has 6 heteroatoms. The fourth-order valence-corrected chi connectivity index (χ4v) is 5.05. The summed E-state index contributed by atoms with van der Waals surface area (Å²) in [7, 11) is 0. The number of unbranched alkanes of at least 4 members (excludes halogenated alkanes) is 1. The highest BCUT2D eigenvalue weighted by atomic mass is 15.4. The minimum atomic E-state index is 0.278. The molecule has 3 fully saturated rings. The lowest BCUT2D eigenvalue weighted by atomic mass is 10.2. The van der Waals surface area contributed by atoms with Gasteiger partial charge in [-0.1, -0.05) is 0 Å². The first-order valence-electron chi connectivity index (χ1n) is 11.2. The van der Waals surface area contributed by atoms with E-state index in [1.165, 1.54) is 51.7 Å². The third-order valence-electron chi connectivity index (χ3n) is 6.85. The number of allylic oxidation sites excluding steroid dienone is 1. The van der Waals surface area contributed by atoms with Crippen LogP contribution in [0.15, 0.2) is 11.4 Å². The Balaban J connectivity index is 1.52. The molecule has 2 atom stereocenters. The van der Waals surface area contributed by atoms with Crippen molar-refractivity contribution < 1.29 is 0 Å². The summed E-state index contributed by atoms with van der Waals surface area (Å²) >= 11 is 0. The smallest absolute Gasteiger partial charge is 0.169 e. The molecular weight excluding hydrogens is 348 g/mol. The zero-order chi connectivity index (χ0) is 19.9. The van der Waals surface area contributed by atoms with Crippen LogP contribution < -0.4 is 0 Å². The zero-order valence-electron chi connectivity index (χ0n) is 17.7. The average Bonchev–Trinajstić information content (AvgIpc) is 3.40. The molecule has 0 aromatic heterocycles. The number of nitriles is 2. The normalized spacial score (nSPS) is 26.1. The fraction of sp³-hybridized carbons (Fsp3) is 0.818. The Morgan fingerprint density at radius 1 is 0.786 bits per heavy atom. The topological polar surface area (TPSA) is 60.5 Å². The van der Waals surface area contributed by atoms with Gasteiger partial charge in [0.15, 0.2) is 5.57 Å². The number of hydrogen-bond donors (Lipinski definition) is 0. The molecule has 6 nitrogen and oxygen atoms in total. The van der Waals surface area contributed by atoms with Crippen LogP contribution in [0.25, 0.3) is 0 Å². The van der Waals surface area contributed by atoms with E-state index in [-0.39, 0.29) is 5.57 Å². The molecular formula is C22H36N6. The minimum absolute atomic E-state index is 0.278. The lowest BCUT2D eigenvalue weighted by Gasteiger charge is -2.28. The molecule has 2 unspecified atom stereocenters. The van der Waals surface area contributed by atoms with Crippen molar-refractivity contribution in [3.05, 3.63) is 11.4 Å². The summed E-state index contributed by atoms with van der Waals surface area (Å²) in [6, 6.07) is 5.68. The van der Waals surface area contributed by atoms with Crippen molar-refractivity contribution in [1.82, 2.24) is 19.6 Å². The second-order valence-corrected chi connectivity index (χ2v) is 8.66. The standard InChI is InChI=1S/C22H36N6/c1-19-7-5-11-25(19)9-3-4-10-27-15-16-28(22(27)21(17-23)18-24)14-13-26-12-6-8-20(26)2/h19-20H,3-16H2,1-2H3. The molecule has 0 radical (unpaired) electrons. The molecule has 0 saturated carbocycles. The Kier molecular flexibility index (Phi) is 7.59. The average molecular weight is 385 g/mol. The number of rotatable bonds is 8. The van der Waals surface area contributed by atoms with Crippen molar-refractivity contribution in [3.63, 3.8) is 0 Å². The molecule has 0 amide bonds. The van der Waals surface area contributed by atoms with Gasteiger partial charge in [0.1, 0.15) is 18.0 Å². The summed E-state index contributed by atoms with van der Waals surface area (Å²) in [4.78, 5) is 9.69. The van der Waals surface area contributed by atoms with Crippen LogP contribution in [0.3, 0.4) is 0 Å². The van der Waals surface area contributed by atoms with Crippen molar-refractivity contribution in [1.29, 1.82) is 10.5 Å². The molecule has 0 aromatic carbocycles. The van der Waals surface area contributed by atoms with Crippen molar-refractivity contribution in [2.45, 2.75) is 64.5 Å². The van der Waals surface area contributed by atoms with Crippen molar-refractivity contribution in [2.75, 3.05) is 52.4 Å². The Morgan fingerprint density at radius 3 is 1.86 bits per heavy atom. The van der Waals surface area contributed by atoms with E-state index in [4.69, 9.17) is 0 Å². The van der Waals surface area contributed by atoms with E-state index in [0.717, 1.165) is 51.0 Å². The molecule has 28 heavy (non-hydrogen) atoms. The summed E-state index contributed by atoms with van der Waals surface area (Å²) in [5.74, 6) is 0.881. The van der Waals surface area contributed by atoms with Gasteiger partial charge in [0, 0.05) is 44.8 Å². The van der Waals surface area contributed by atoms with Crippen LogP contribution in [0.1, 0.15) is 52.4 Å². The number of hydrogen-bond acceptors (Lipinski definition) is 6. The van der Waals surface area contributed by atoms with Crippen LogP contribution in [0.4, 0.5) is 0 Å². The zero-order valence-corrected chi connectivity index (χ0v) is 17.7. The van der Waals surface area contributed by atoms with Crippen LogP contribution >= 0.6 is 0 Å². The van der Waals surface area contributed by atoms with Gasteiger partial charge in [0.25, 0.3) is 0 Å². The fourth-order valence-electron chi connectivity index (χ4n) is 5.05. The third-order valence-corrected chi connectivity index (χ3v) is 6.85. The van der Waals surface area contributed by atoms with Crippen LogP contribution in [-0.4, -0.2) is 84.0 Å². The van der Waals surface area contributed by atoms with E-state index in [0.29, 0.717) is 6.04 Å². The Hall–Kier alpha value is -1.76. The molecule has 0 aromatic rings. The first kappa shape index (κ1) is 21.0. The quantitative estimate of drug-likeness (QED) is 0.474. The predicted molar refractivity (Wildman–Crippen MR) is 111 cm³/mol. The van der Waals surface area contributed by atoms with Gasteiger partial charge in [0.05, 0.1) is 0 Å². The summed E-state index contributed by atoms with van der Waals surface area (Å²) < 4.78 is 0. The molecule has 0 spiro atoms. The van der Waals surface area contributed by atoms with Crippen LogP contribution in [0.2, 0.25) is 0 Å². The van der Waals surface area contributed by atoms with E-state index in [9.17, 15) is 10.5 Å². The second kappa shape index (κ2) is 10.1. The maximum Gasteiger partial charge on any atom is 0.169 e. The van der Waals surface area contributed by atoms with Crippen molar-refractivity contribution in [3.8, 4) is 12.1 Å². The Morgan fingerprint density at radius 2 is 1.32 bits per heavy atom. The second-order valence-electron chi connectivity index (χ2n) is 8.66. The molecule has 3 saturated heterocycles. The molecule has 154 valence electrons. The number of likely N-dealkylation sites (tertiary alicyclic amines) is 2. The Bertz CT molecular complexity index is 614. The lowest BCUT2D eigenvalue weighted by molar-refractivity contribution is 0.227. The van der Waals surface area contributed by atoms with Gasteiger partial charge in [-0.3, -0.25) is 4.90 Å². The highest BCUT2D eigenvalue weighted by Gasteiger charge is 2.29. The van der Waals surface area contributed by atoms with Gasteiger partial charge in [0.2, 0.25) is 0 Å².